The SMILES string of the molecule is CCCCc1ccc(C(=O)C(O)C(C(=O)[O-])C(=O)CCC)cc1. The Morgan fingerprint density at radius 2 is 1.70 bits per heavy atom. The van der Waals surface area contributed by atoms with E-state index in [0.717, 1.165) is 24.8 Å². The molecule has 126 valence electrons. The fourth-order valence-electron chi connectivity index (χ4n) is 2.38. The number of ketones is 2. The van der Waals surface area contributed by atoms with E-state index in [1.54, 1.807) is 31.2 Å². The van der Waals surface area contributed by atoms with Gasteiger partial charge in [-0.15, -0.1) is 0 Å². The molecule has 0 aliphatic carbocycles. The maximum Gasteiger partial charge on any atom is 0.192 e. The van der Waals surface area contributed by atoms with Gasteiger partial charge in [0.1, 0.15) is 11.9 Å². The zero-order valence-electron chi connectivity index (χ0n) is 13.6. The second kappa shape index (κ2) is 9.20. The number of hydrogen-bond donors (Lipinski definition) is 1. The van der Waals surface area contributed by atoms with E-state index in [1.807, 2.05) is 0 Å². The summed E-state index contributed by atoms with van der Waals surface area (Å²) in [5.41, 5.74) is 1.25. The average Bonchev–Trinajstić information content (AvgIpc) is 2.52. The van der Waals surface area contributed by atoms with Gasteiger partial charge in [0.2, 0.25) is 0 Å². The first-order chi connectivity index (χ1) is 10.9. The highest BCUT2D eigenvalue weighted by atomic mass is 16.4. The summed E-state index contributed by atoms with van der Waals surface area (Å²) in [4.78, 5) is 35.2. The van der Waals surface area contributed by atoms with Crippen molar-refractivity contribution in [1.82, 2.24) is 0 Å². The fraction of sp³-hybridized carbons (Fsp3) is 0.500. The number of aliphatic hydroxyl groups is 1. The normalized spacial score (nSPS) is 13.3. The van der Waals surface area contributed by atoms with Crippen LogP contribution in [0.2, 0.25) is 0 Å². The Balaban J connectivity index is 2.88. The summed E-state index contributed by atoms with van der Waals surface area (Å²) in [7, 11) is 0. The number of aliphatic hydroxyl groups excluding tert-OH is 1. The number of hydrogen-bond acceptors (Lipinski definition) is 5. The molecule has 1 aromatic rings. The third kappa shape index (κ3) is 5.28. The molecule has 1 N–H and O–H groups in total. The lowest BCUT2D eigenvalue weighted by Crippen LogP contribution is -2.46. The monoisotopic (exact) mass is 319 g/mol. The van der Waals surface area contributed by atoms with Crippen LogP contribution in [0, 0.1) is 5.92 Å². The molecule has 0 bridgehead atoms. The summed E-state index contributed by atoms with van der Waals surface area (Å²) in [5, 5.41) is 21.1. The van der Waals surface area contributed by atoms with Crippen LogP contribution in [0.1, 0.15) is 55.5 Å². The first-order valence-electron chi connectivity index (χ1n) is 7.97. The number of unbranched alkanes of at least 4 members (excludes halogenated alkanes) is 1. The van der Waals surface area contributed by atoms with E-state index < -0.39 is 29.6 Å². The van der Waals surface area contributed by atoms with Crippen molar-refractivity contribution in [3.05, 3.63) is 35.4 Å². The van der Waals surface area contributed by atoms with Crippen molar-refractivity contribution >= 4 is 17.5 Å². The number of carboxylic acid groups (broad SMARTS) is 1. The number of aliphatic carboxylic acids is 1. The van der Waals surface area contributed by atoms with Gasteiger partial charge in [-0.05, 0) is 24.8 Å². The van der Waals surface area contributed by atoms with Crippen LogP contribution in [0.5, 0.6) is 0 Å². The number of carboxylic acids is 1. The largest absolute Gasteiger partial charge is 0.549 e. The number of carbonyl (C=O) groups is 3. The Morgan fingerprint density at radius 1 is 1.09 bits per heavy atom. The lowest BCUT2D eigenvalue weighted by Gasteiger charge is -2.21. The highest BCUT2D eigenvalue weighted by molar-refractivity contribution is 6.08. The Morgan fingerprint density at radius 3 is 2.17 bits per heavy atom. The van der Waals surface area contributed by atoms with Crippen molar-refractivity contribution in [2.24, 2.45) is 5.92 Å². The average molecular weight is 319 g/mol. The van der Waals surface area contributed by atoms with Gasteiger partial charge in [-0.1, -0.05) is 44.5 Å². The van der Waals surface area contributed by atoms with Crippen molar-refractivity contribution in [2.45, 2.75) is 52.1 Å². The number of Topliss-reactive ketones (excluding diaryl/α,β-unsaturated/α-hetero) is 2. The van der Waals surface area contributed by atoms with Crippen molar-refractivity contribution in [2.75, 3.05) is 0 Å². The molecule has 5 nitrogen and oxygen atoms in total. The Hall–Kier alpha value is -2.01. The maximum atomic E-state index is 12.2. The molecule has 2 atom stereocenters. The van der Waals surface area contributed by atoms with Crippen LogP contribution >= 0.6 is 0 Å². The van der Waals surface area contributed by atoms with Gasteiger partial charge in [0.15, 0.2) is 5.78 Å². The fourth-order valence-corrected chi connectivity index (χ4v) is 2.38. The topological polar surface area (TPSA) is 94.5 Å². The van der Waals surface area contributed by atoms with Crippen molar-refractivity contribution in [3.8, 4) is 0 Å². The van der Waals surface area contributed by atoms with Gasteiger partial charge in [-0.2, -0.15) is 0 Å². The summed E-state index contributed by atoms with van der Waals surface area (Å²) < 4.78 is 0. The molecule has 1 aromatic carbocycles. The molecule has 2 unspecified atom stereocenters. The van der Waals surface area contributed by atoms with Crippen molar-refractivity contribution < 1.29 is 24.6 Å². The standard InChI is InChI=1S/C18H24O5/c1-3-5-7-12-8-10-13(11-9-12)16(20)17(21)15(18(22)23)14(19)6-4-2/h8-11,15,17,21H,3-7H2,1-2H3,(H,22,23)/p-1. The molecule has 0 aliphatic rings. The van der Waals surface area contributed by atoms with Gasteiger partial charge < -0.3 is 15.0 Å². The third-order valence-corrected chi connectivity index (χ3v) is 3.74. The number of rotatable bonds is 10. The molecular weight excluding hydrogens is 296 g/mol. The minimum Gasteiger partial charge on any atom is -0.549 e. The number of carbonyl (C=O) groups excluding carboxylic acids is 3. The molecule has 0 saturated heterocycles. The molecule has 0 aliphatic heterocycles. The summed E-state index contributed by atoms with van der Waals surface area (Å²) in [6.07, 6.45) is 1.50. The molecule has 0 amide bonds. The van der Waals surface area contributed by atoms with E-state index in [2.05, 4.69) is 6.92 Å². The van der Waals surface area contributed by atoms with Gasteiger partial charge in [0.25, 0.3) is 0 Å². The van der Waals surface area contributed by atoms with Crippen LogP contribution in [0.25, 0.3) is 0 Å². The second-order valence-electron chi connectivity index (χ2n) is 5.62. The van der Waals surface area contributed by atoms with Gasteiger partial charge >= 0.3 is 0 Å². The molecule has 0 heterocycles. The van der Waals surface area contributed by atoms with Crippen LogP contribution in [0.15, 0.2) is 24.3 Å². The lowest BCUT2D eigenvalue weighted by atomic mass is 9.89. The molecule has 1 rings (SSSR count). The Kier molecular flexibility index (Phi) is 7.62. The summed E-state index contributed by atoms with van der Waals surface area (Å²) in [5.74, 6) is -5.00. The molecule has 5 heteroatoms. The smallest absolute Gasteiger partial charge is 0.192 e. The van der Waals surface area contributed by atoms with Crippen LogP contribution in [-0.4, -0.2) is 28.7 Å². The van der Waals surface area contributed by atoms with Gasteiger partial charge in [0.05, 0.1) is 11.9 Å². The van der Waals surface area contributed by atoms with E-state index in [-0.39, 0.29) is 12.0 Å². The first-order valence-corrected chi connectivity index (χ1v) is 7.97. The van der Waals surface area contributed by atoms with Crippen LogP contribution in [0.4, 0.5) is 0 Å². The van der Waals surface area contributed by atoms with Gasteiger partial charge in [0, 0.05) is 12.0 Å². The Labute approximate surface area is 136 Å². The molecule has 0 aromatic heterocycles. The highest BCUT2D eigenvalue weighted by Crippen LogP contribution is 2.16. The van der Waals surface area contributed by atoms with E-state index in [4.69, 9.17) is 0 Å². The molecular formula is C18H23O5-. The number of benzene rings is 1. The van der Waals surface area contributed by atoms with E-state index in [0.29, 0.717) is 6.42 Å². The van der Waals surface area contributed by atoms with Crippen LogP contribution in [0.3, 0.4) is 0 Å². The van der Waals surface area contributed by atoms with Gasteiger partial charge in [-0.25, -0.2) is 0 Å². The summed E-state index contributed by atoms with van der Waals surface area (Å²) in [6, 6.07) is 6.65. The highest BCUT2D eigenvalue weighted by Gasteiger charge is 2.33. The van der Waals surface area contributed by atoms with Crippen LogP contribution in [-0.2, 0) is 16.0 Å². The molecule has 0 spiro atoms. The minimum absolute atomic E-state index is 0.0149. The molecule has 0 fully saturated rings. The second-order valence-corrected chi connectivity index (χ2v) is 5.62. The maximum absolute atomic E-state index is 12.2. The molecule has 0 saturated carbocycles. The van der Waals surface area contributed by atoms with Crippen molar-refractivity contribution in [1.29, 1.82) is 0 Å². The first kappa shape index (κ1) is 19.0. The third-order valence-electron chi connectivity index (χ3n) is 3.74. The predicted molar refractivity (Wildman–Crippen MR) is 83.8 cm³/mol. The Bertz CT molecular complexity index is 547. The molecule has 23 heavy (non-hydrogen) atoms. The summed E-state index contributed by atoms with van der Waals surface area (Å²) in [6.45, 7) is 3.80. The van der Waals surface area contributed by atoms with E-state index in [9.17, 15) is 24.6 Å². The van der Waals surface area contributed by atoms with Gasteiger partial charge in [-0.3, -0.25) is 9.59 Å². The predicted octanol–water partition coefficient (Wildman–Crippen LogP) is 1.31. The number of aryl methyl sites for hydroxylation is 1. The minimum atomic E-state index is -1.92. The van der Waals surface area contributed by atoms with E-state index >= 15 is 0 Å². The van der Waals surface area contributed by atoms with E-state index in [1.165, 1.54) is 0 Å². The summed E-state index contributed by atoms with van der Waals surface area (Å²) >= 11 is 0. The zero-order chi connectivity index (χ0) is 17.4. The quantitative estimate of drug-likeness (QED) is 0.518. The lowest BCUT2D eigenvalue weighted by molar-refractivity contribution is -0.311. The zero-order valence-corrected chi connectivity index (χ0v) is 13.6. The van der Waals surface area contributed by atoms with Crippen LogP contribution < -0.4 is 5.11 Å². The van der Waals surface area contributed by atoms with Crippen molar-refractivity contribution in [3.63, 3.8) is 0 Å². The molecule has 0 radical (unpaired) electrons.